The Kier molecular flexibility index (Phi) is 4.90. The Balaban J connectivity index is 2.22. The molecule has 21 heavy (non-hydrogen) atoms. The first-order valence-corrected chi connectivity index (χ1v) is 7.66. The third-order valence-corrected chi connectivity index (χ3v) is 4.52. The Morgan fingerprint density at radius 3 is 2.81 bits per heavy atom. The minimum Gasteiger partial charge on any atom is -0.478 e. The smallest absolute Gasteiger partial charge is 0.335 e. The van der Waals surface area contributed by atoms with E-state index in [1.807, 2.05) is 6.92 Å². The molecule has 4 nitrogen and oxygen atoms in total. The average Bonchev–Trinajstić information content (AvgIpc) is 2.72. The monoisotopic (exact) mass is 328 g/mol. The second-order valence-corrected chi connectivity index (χ2v) is 5.82. The van der Waals surface area contributed by atoms with E-state index >= 15 is 0 Å². The maximum absolute atomic E-state index is 13.7. The fourth-order valence-corrected chi connectivity index (χ4v) is 3.35. The molecule has 0 bridgehead atoms. The Bertz CT molecular complexity index is 688. The van der Waals surface area contributed by atoms with E-state index < -0.39 is 11.8 Å². The lowest BCUT2D eigenvalue weighted by Gasteiger charge is -2.05. The Morgan fingerprint density at radius 2 is 2.24 bits per heavy atom. The van der Waals surface area contributed by atoms with Crippen molar-refractivity contribution in [2.45, 2.75) is 24.0 Å². The van der Waals surface area contributed by atoms with Crippen molar-refractivity contribution in [3.63, 3.8) is 0 Å². The van der Waals surface area contributed by atoms with Crippen LogP contribution in [-0.2, 0) is 19.2 Å². The van der Waals surface area contributed by atoms with Gasteiger partial charge in [0.2, 0.25) is 0 Å². The molecule has 0 fully saturated rings. The van der Waals surface area contributed by atoms with Gasteiger partial charge in [0.1, 0.15) is 5.82 Å². The van der Waals surface area contributed by atoms with Gasteiger partial charge in [0.05, 0.1) is 22.0 Å². The van der Waals surface area contributed by atoms with Crippen LogP contribution in [0.3, 0.4) is 0 Å². The maximum Gasteiger partial charge on any atom is 0.335 e. The topological polar surface area (TPSA) is 55.1 Å². The summed E-state index contributed by atoms with van der Waals surface area (Å²) in [5.74, 6) is -1.11. The highest BCUT2D eigenvalue weighted by Crippen LogP contribution is 2.30. The van der Waals surface area contributed by atoms with E-state index in [-0.39, 0.29) is 10.5 Å². The zero-order valence-corrected chi connectivity index (χ0v) is 13.1. The van der Waals surface area contributed by atoms with Crippen molar-refractivity contribution in [3.8, 4) is 0 Å². The van der Waals surface area contributed by atoms with E-state index in [1.165, 1.54) is 23.9 Å². The Labute approximate surface area is 130 Å². The molecule has 1 heterocycles. The number of carbonyl (C=O) groups is 1. The molecule has 0 amide bonds. The summed E-state index contributed by atoms with van der Waals surface area (Å²) in [6.45, 7) is 1.96. The van der Waals surface area contributed by atoms with Crippen LogP contribution in [0.2, 0.25) is 5.02 Å². The lowest BCUT2D eigenvalue weighted by molar-refractivity contribution is 0.0696. The number of aryl methyl sites for hydroxylation is 2. The maximum atomic E-state index is 13.7. The highest BCUT2D eigenvalue weighted by molar-refractivity contribution is 7.98. The molecular weight excluding hydrogens is 315 g/mol. The van der Waals surface area contributed by atoms with Crippen molar-refractivity contribution < 1.29 is 14.3 Å². The number of hydrogen-bond acceptors (Lipinski definition) is 3. The van der Waals surface area contributed by atoms with Crippen molar-refractivity contribution >= 4 is 29.3 Å². The second kappa shape index (κ2) is 6.49. The van der Waals surface area contributed by atoms with Gasteiger partial charge < -0.3 is 5.11 Å². The van der Waals surface area contributed by atoms with E-state index in [4.69, 9.17) is 16.7 Å². The molecule has 1 aromatic carbocycles. The van der Waals surface area contributed by atoms with Gasteiger partial charge in [0.25, 0.3) is 0 Å². The zero-order chi connectivity index (χ0) is 15.6. The lowest BCUT2D eigenvalue weighted by Crippen LogP contribution is -1.99. The molecular formula is C14H14ClFN2O2S. The van der Waals surface area contributed by atoms with Gasteiger partial charge in [-0.05, 0) is 24.6 Å². The third-order valence-electron chi connectivity index (χ3n) is 3.05. The molecule has 0 saturated heterocycles. The molecule has 0 saturated carbocycles. The number of aromatic nitrogens is 2. The first kappa shape index (κ1) is 15.9. The van der Waals surface area contributed by atoms with Crippen molar-refractivity contribution in [3.05, 3.63) is 46.0 Å². The van der Waals surface area contributed by atoms with E-state index in [0.717, 1.165) is 23.9 Å². The minimum atomic E-state index is -1.08. The summed E-state index contributed by atoms with van der Waals surface area (Å²) >= 11 is 7.43. The molecule has 0 unspecified atom stereocenters. The van der Waals surface area contributed by atoms with Gasteiger partial charge in [0, 0.05) is 17.7 Å². The van der Waals surface area contributed by atoms with Crippen LogP contribution < -0.4 is 0 Å². The van der Waals surface area contributed by atoms with Crippen molar-refractivity contribution in [1.82, 2.24) is 9.78 Å². The van der Waals surface area contributed by atoms with Gasteiger partial charge in [0.15, 0.2) is 0 Å². The average molecular weight is 329 g/mol. The molecule has 1 N–H and O–H groups in total. The SMILES string of the molecule is CCc1nn(C)c(CSc2cc(C(=O)O)ccc2F)c1Cl. The minimum absolute atomic E-state index is 0.0595. The largest absolute Gasteiger partial charge is 0.478 e. The molecule has 0 aliphatic rings. The van der Waals surface area contributed by atoms with Crippen LogP contribution in [0.1, 0.15) is 28.7 Å². The fraction of sp³-hybridized carbons (Fsp3) is 0.286. The number of aromatic carboxylic acids is 1. The first-order chi connectivity index (χ1) is 9.93. The summed E-state index contributed by atoms with van der Waals surface area (Å²) < 4.78 is 15.4. The van der Waals surface area contributed by atoms with Gasteiger partial charge in [-0.3, -0.25) is 4.68 Å². The predicted octanol–water partition coefficient (Wildman–Crippen LogP) is 3.77. The highest BCUT2D eigenvalue weighted by Gasteiger charge is 2.15. The molecule has 0 aliphatic heterocycles. The van der Waals surface area contributed by atoms with Crippen LogP contribution in [0.15, 0.2) is 23.1 Å². The van der Waals surface area contributed by atoms with E-state index in [1.54, 1.807) is 11.7 Å². The molecule has 0 spiro atoms. The van der Waals surface area contributed by atoms with Crippen LogP contribution in [0.4, 0.5) is 4.39 Å². The molecule has 0 radical (unpaired) electrons. The summed E-state index contributed by atoms with van der Waals surface area (Å²) in [6, 6.07) is 3.73. The molecule has 0 aliphatic carbocycles. The quantitative estimate of drug-likeness (QED) is 0.849. The number of carboxylic acids is 1. The molecule has 7 heteroatoms. The van der Waals surface area contributed by atoms with Gasteiger partial charge in [-0.15, -0.1) is 11.8 Å². The third kappa shape index (κ3) is 3.39. The normalized spacial score (nSPS) is 10.9. The standard InChI is InChI=1S/C14H14ClFN2O2S/c1-3-10-13(15)11(18(2)17-10)7-21-12-6-8(14(19)20)4-5-9(12)16/h4-6H,3,7H2,1-2H3,(H,19,20). The highest BCUT2D eigenvalue weighted by atomic mass is 35.5. The number of rotatable bonds is 5. The van der Waals surface area contributed by atoms with Crippen molar-refractivity contribution in [2.24, 2.45) is 7.05 Å². The number of halogens is 2. The van der Waals surface area contributed by atoms with Crippen LogP contribution in [0.5, 0.6) is 0 Å². The second-order valence-electron chi connectivity index (χ2n) is 4.42. The van der Waals surface area contributed by atoms with Gasteiger partial charge >= 0.3 is 5.97 Å². The van der Waals surface area contributed by atoms with Crippen LogP contribution in [-0.4, -0.2) is 20.9 Å². The summed E-state index contributed by atoms with van der Waals surface area (Å²) in [6.07, 6.45) is 0.722. The number of hydrogen-bond donors (Lipinski definition) is 1. The molecule has 2 rings (SSSR count). The van der Waals surface area contributed by atoms with Crippen molar-refractivity contribution in [2.75, 3.05) is 0 Å². The lowest BCUT2D eigenvalue weighted by atomic mass is 10.2. The summed E-state index contributed by atoms with van der Waals surface area (Å²) in [5, 5.41) is 13.8. The summed E-state index contributed by atoms with van der Waals surface area (Å²) in [5.41, 5.74) is 1.65. The fourth-order valence-electron chi connectivity index (χ4n) is 1.87. The van der Waals surface area contributed by atoms with Gasteiger partial charge in [-0.25, -0.2) is 9.18 Å². The number of nitrogens with zero attached hydrogens (tertiary/aromatic N) is 2. The molecule has 2 aromatic rings. The van der Waals surface area contributed by atoms with Crippen LogP contribution >= 0.6 is 23.4 Å². The van der Waals surface area contributed by atoms with Crippen LogP contribution in [0.25, 0.3) is 0 Å². The number of benzene rings is 1. The molecule has 112 valence electrons. The van der Waals surface area contributed by atoms with E-state index in [9.17, 15) is 9.18 Å². The van der Waals surface area contributed by atoms with E-state index in [2.05, 4.69) is 5.10 Å². The predicted molar refractivity (Wildman–Crippen MR) is 80.5 cm³/mol. The zero-order valence-electron chi connectivity index (χ0n) is 11.6. The summed E-state index contributed by atoms with van der Waals surface area (Å²) in [4.78, 5) is 11.2. The Morgan fingerprint density at radius 1 is 1.52 bits per heavy atom. The molecule has 0 atom stereocenters. The van der Waals surface area contributed by atoms with E-state index in [0.29, 0.717) is 10.8 Å². The molecule has 1 aromatic heterocycles. The van der Waals surface area contributed by atoms with Gasteiger partial charge in [-0.1, -0.05) is 18.5 Å². The number of carboxylic acid groups (broad SMARTS) is 1. The number of thioether (sulfide) groups is 1. The Hall–Kier alpha value is -1.53. The van der Waals surface area contributed by atoms with Gasteiger partial charge in [-0.2, -0.15) is 5.10 Å². The van der Waals surface area contributed by atoms with Crippen LogP contribution in [0, 0.1) is 5.82 Å². The summed E-state index contributed by atoms with van der Waals surface area (Å²) in [7, 11) is 1.78. The first-order valence-electron chi connectivity index (χ1n) is 6.30. The van der Waals surface area contributed by atoms with Crippen molar-refractivity contribution in [1.29, 1.82) is 0 Å².